The number of carbonyl (C=O) groups excluding carboxylic acids is 4. The van der Waals surface area contributed by atoms with Crippen LogP contribution in [0, 0.1) is 5.82 Å². The van der Waals surface area contributed by atoms with Gasteiger partial charge in [-0.3, -0.25) is 34.1 Å². The molecule has 0 bridgehead atoms. The van der Waals surface area contributed by atoms with Gasteiger partial charge in [0.1, 0.15) is 18.0 Å². The summed E-state index contributed by atoms with van der Waals surface area (Å²) in [5.41, 5.74) is 9.32. The molecule has 4 aromatic rings. The van der Waals surface area contributed by atoms with Gasteiger partial charge >= 0.3 is 0 Å². The predicted molar refractivity (Wildman–Crippen MR) is 219 cm³/mol. The number of likely N-dealkylation sites (tertiary alicyclic amines) is 1. The van der Waals surface area contributed by atoms with E-state index < -0.39 is 41.6 Å². The van der Waals surface area contributed by atoms with E-state index in [0.717, 1.165) is 87.0 Å². The van der Waals surface area contributed by atoms with Gasteiger partial charge < -0.3 is 20.7 Å². The lowest BCUT2D eigenvalue weighted by molar-refractivity contribution is -0.136. The number of carbonyl (C=O) groups is 4. The molecule has 4 N–H and O–H groups in total. The lowest BCUT2D eigenvalue weighted by atomic mass is 10.0. The molecule has 0 radical (unpaired) electrons. The summed E-state index contributed by atoms with van der Waals surface area (Å²) in [6, 6.07) is 8.90. The second-order valence-corrected chi connectivity index (χ2v) is 15.9. The Labute approximate surface area is 346 Å². The minimum Gasteiger partial charge on any atom is -0.482 e. The molecule has 58 heavy (non-hydrogen) atoms. The Balaban J connectivity index is 0.794. The molecule has 306 valence electrons. The van der Waals surface area contributed by atoms with Crippen LogP contribution in [-0.4, -0.2) is 80.4 Å². The number of piperidine rings is 2. The number of imide groups is 2. The average molecular weight is 834 g/mol. The molecule has 2 aromatic carbocycles. The summed E-state index contributed by atoms with van der Waals surface area (Å²) in [4.78, 5) is 58.2. The fraction of sp³-hybridized carbons (Fsp3) is 0.429. The van der Waals surface area contributed by atoms with Gasteiger partial charge in [-0.2, -0.15) is 5.10 Å². The van der Waals surface area contributed by atoms with Crippen molar-refractivity contribution < 1.29 is 28.3 Å². The molecule has 0 aliphatic carbocycles. The topological polar surface area (TPSA) is 165 Å². The number of nitrogens with two attached hydrogens (primary N) is 1. The maximum atomic E-state index is 14.1. The van der Waals surface area contributed by atoms with Crippen molar-refractivity contribution in [1.29, 1.82) is 0 Å². The monoisotopic (exact) mass is 832 g/mol. The van der Waals surface area contributed by atoms with Gasteiger partial charge in [0.15, 0.2) is 11.6 Å². The number of unbranched alkanes of at least 4 members (excludes halogenated alkanes) is 5. The van der Waals surface area contributed by atoms with Crippen LogP contribution in [0.15, 0.2) is 55.0 Å². The molecule has 2 saturated heterocycles. The number of amides is 4. The standard InChI is InChI=1S/C42H47Cl2FN8O5/c1-25(36-30(43)11-12-31(45)38(36)44)58-34-21-26(22-48-39(34)46)27-23-49-52(24-27)28-15-19-51(20-16-28)18-7-5-3-2-4-6-17-47-32-10-8-9-29-37(32)42(57)53(41(29)56)33-13-14-35(54)50-40(33)55/h8-12,21-25,28,33,47H,2-7,13-20H2,1H3,(H2,46,48)(H,50,54,55)/t25-,33?/m1/s1. The van der Waals surface area contributed by atoms with E-state index in [4.69, 9.17) is 33.7 Å². The Morgan fingerprint density at radius 2 is 1.72 bits per heavy atom. The minimum absolute atomic E-state index is 0.0877. The van der Waals surface area contributed by atoms with E-state index in [1.165, 1.54) is 12.1 Å². The van der Waals surface area contributed by atoms with Gasteiger partial charge in [0, 0.05) is 65.8 Å². The van der Waals surface area contributed by atoms with Crippen molar-refractivity contribution in [2.45, 2.75) is 89.3 Å². The first-order chi connectivity index (χ1) is 28.0. The minimum atomic E-state index is -0.979. The number of aromatic nitrogens is 3. The second kappa shape index (κ2) is 18.3. The molecule has 13 nitrogen and oxygen atoms in total. The zero-order chi connectivity index (χ0) is 40.9. The molecule has 3 aliphatic rings. The van der Waals surface area contributed by atoms with Crippen LogP contribution < -0.4 is 21.1 Å². The van der Waals surface area contributed by atoms with Crippen LogP contribution in [0.3, 0.4) is 0 Å². The Bertz CT molecular complexity index is 2190. The van der Waals surface area contributed by atoms with Gasteiger partial charge in [-0.25, -0.2) is 9.37 Å². The average Bonchev–Trinajstić information content (AvgIpc) is 3.80. The van der Waals surface area contributed by atoms with Crippen molar-refractivity contribution in [2.75, 3.05) is 37.2 Å². The van der Waals surface area contributed by atoms with Gasteiger partial charge in [0.25, 0.3) is 11.8 Å². The third-order valence-corrected chi connectivity index (χ3v) is 11.9. The summed E-state index contributed by atoms with van der Waals surface area (Å²) >= 11 is 12.5. The molecule has 2 aromatic heterocycles. The van der Waals surface area contributed by atoms with Gasteiger partial charge in [-0.15, -0.1) is 0 Å². The number of nitrogens with one attached hydrogen (secondary N) is 2. The van der Waals surface area contributed by atoms with E-state index in [0.29, 0.717) is 40.2 Å². The number of ether oxygens (including phenoxy) is 1. The largest absolute Gasteiger partial charge is 0.482 e. The highest BCUT2D eigenvalue weighted by atomic mass is 35.5. The van der Waals surface area contributed by atoms with E-state index in [-0.39, 0.29) is 29.2 Å². The van der Waals surface area contributed by atoms with Crippen molar-refractivity contribution in [3.8, 4) is 16.9 Å². The SMILES string of the molecule is C[C@@H](Oc1cc(-c2cnn(C3CCN(CCCCCCCCNc4cccc5c4C(=O)N(C4CCC(=O)NC4=O)C5=O)CC3)c2)cnc1N)c1c(Cl)ccc(F)c1Cl. The summed E-state index contributed by atoms with van der Waals surface area (Å²) in [7, 11) is 0. The summed E-state index contributed by atoms with van der Waals surface area (Å²) in [5, 5.41) is 10.5. The zero-order valence-electron chi connectivity index (χ0n) is 32.3. The van der Waals surface area contributed by atoms with Crippen LogP contribution in [0.25, 0.3) is 11.1 Å². The van der Waals surface area contributed by atoms with Crippen molar-refractivity contribution in [3.05, 3.63) is 87.5 Å². The molecule has 7 rings (SSSR count). The Kier molecular flexibility index (Phi) is 12.9. The number of rotatable bonds is 16. The molecule has 16 heteroatoms. The normalized spacial score (nSPS) is 18.1. The highest BCUT2D eigenvalue weighted by Gasteiger charge is 2.45. The quantitative estimate of drug-likeness (QED) is 0.0582. The first-order valence-electron chi connectivity index (χ1n) is 19.9. The van der Waals surface area contributed by atoms with Gasteiger partial charge in [0.2, 0.25) is 11.8 Å². The highest BCUT2D eigenvalue weighted by Crippen LogP contribution is 2.38. The van der Waals surface area contributed by atoms with Gasteiger partial charge in [-0.05, 0) is 75.9 Å². The third kappa shape index (κ3) is 8.98. The van der Waals surface area contributed by atoms with Crippen LogP contribution in [0.4, 0.5) is 15.9 Å². The summed E-state index contributed by atoms with van der Waals surface area (Å²) in [6.45, 7) is 5.49. The molecule has 5 heterocycles. The number of benzene rings is 2. The summed E-state index contributed by atoms with van der Waals surface area (Å²) < 4.78 is 22.2. The molecular formula is C42H47Cl2FN8O5. The molecule has 2 fully saturated rings. The molecule has 0 saturated carbocycles. The Morgan fingerprint density at radius 1 is 0.966 bits per heavy atom. The highest BCUT2D eigenvalue weighted by molar-refractivity contribution is 6.36. The van der Waals surface area contributed by atoms with E-state index in [1.807, 2.05) is 17.1 Å². The molecule has 1 unspecified atom stereocenters. The maximum absolute atomic E-state index is 14.1. The second-order valence-electron chi connectivity index (χ2n) is 15.1. The number of hydrogen-bond acceptors (Lipinski definition) is 10. The number of nitrogens with zero attached hydrogens (tertiary/aromatic N) is 5. The fourth-order valence-electron chi connectivity index (χ4n) is 8.02. The van der Waals surface area contributed by atoms with E-state index in [2.05, 4.69) is 25.6 Å². The molecule has 3 aliphatic heterocycles. The van der Waals surface area contributed by atoms with E-state index in [9.17, 15) is 23.6 Å². The zero-order valence-corrected chi connectivity index (χ0v) is 33.8. The van der Waals surface area contributed by atoms with Crippen molar-refractivity contribution in [3.63, 3.8) is 0 Å². The summed E-state index contributed by atoms with van der Waals surface area (Å²) in [6.07, 6.45) is 13.6. The lowest BCUT2D eigenvalue weighted by Crippen LogP contribution is -2.54. The van der Waals surface area contributed by atoms with Gasteiger partial charge in [-0.1, -0.05) is 55.0 Å². The number of halogens is 3. The molecule has 2 atom stereocenters. The number of anilines is 2. The van der Waals surface area contributed by atoms with Crippen LogP contribution in [0.5, 0.6) is 5.75 Å². The Morgan fingerprint density at radius 3 is 2.50 bits per heavy atom. The van der Waals surface area contributed by atoms with Crippen molar-refractivity contribution in [2.24, 2.45) is 0 Å². The maximum Gasteiger partial charge on any atom is 0.264 e. The van der Waals surface area contributed by atoms with Crippen molar-refractivity contribution >= 4 is 58.3 Å². The molecular weight excluding hydrogens is 786 g/mol. The van der Waals surface area contributed by atoms with Gasteiger partial charge in [0.05, 0.1) is 28.4 Å². The number of fused-ring (bicyclic) bond motifs is 1. The van der Waals surface area contributed by atoms with E-state index in [1.54, 1.807) is 37.4 Å². The Hall–Kier alpha value is -5.05. The predicted octanol–water partition coefficient (Wildman–Crippen LogP) is 7.60. The van der Waals surface area contributed by atoms with Crippen LogP contribution in [0.2, 0.25) is 10.0 Å². The van der Waals surface area contributed by atoms with Crippen LogP contribution in [-0.2, 0) is 9.59 Å². The first kappa shape index (κ1) is 41.1. The number of pyridine rings is 1. The third-order valence-electron chi connectivity index (χ3n) is 11.2. The smallest absolute Gasteiger partial charge is 0.264 e. The number of nitrogen functional groups attached to an aromatic ring is 1. The first-order valence-corrected chi connectivity index (χ1v) is 20.7. The molecule has 4 amide bonds. The number of hydrogen-bond donors (Lipinski definition) is 3. The fourth-order valence-corrected chi connectivity index (χ4v) is 8.70. The van der Waals surface area contributed by atoms with Crippen LogP contribution in [0.1, 0.15) is 110 Å². The lowest BCUT2D eigenvalue weighted by Gasteiger charge is -2.32. The molecule has 0 spiro atoms. The summed E-state index contributed by atoms with van der Waals surface area (Å²) in [5.74, 6) is -2.06. The van der Waals surface area contributed by atoms with Crippen molar-refractivity contribution in [1.82, 2.24) is 29.9 Å². The van der Waals surface area contributed by atoms with Crippen LogP contribution >= 0.6 is 23.2 Å². The van der Waals surface area contributed by atoms with E-state index >= 15 is 0 Å².